The molecular formula is C63H55Cl2N7O17. The van der Waals surface area contributed by atoms with Crippen molar-refractivity contribution in [3.05, 3.63) is 215 Å². The number of halogens is 2. The summed E-state index contributed by atoms with van der Waals surface area (Å²) in [4.78, 5) is 71.2. The molecule has 0 radical (unpaired) electrons. The zero-order chi connectivity index (χ0) is 64.1. The second kappa shape index (κ2) is 34.9. The lowest BCUT2D eigenvalue weighted by atomic mass is 9.97. The van der Waals surface area contributed by atoms with Gasteiger partial charge in [0.15, 0.2) is 6.29 Å². The van der Waals surface area contributed by atoms with Crippen LogP contribution in [-0.2, 0) is 57.1 Å². The minimum absolute atomic E-state index is 0.184. The van der Waals surface area contributed by atoms with Gasteiger partial charge in [0.1, 0.15) is 86.7 Å². The van der Waals surface area contributed by atoms with Crippen LogP contribution in [0.5, 0.6) is 52.3 Å². The average Bonchev–Trinajstić information content (AvgIpc) is 3.75. The van der Waals surface area contributed by atoms with Crippen LogP contribution < -0.4 is 23.7 Å². The highest BCUT2D eigenvalue weighted by molar-refractivity contribution is 6.29. The minimum Gasteiger partial charge on any atom is -0.503 e. The number of rotatable bonds is 20. The van der Waals surface area contributed by atoms with Crippen molar-refractivity contribution in [1.82, 2.24) is 29.9 Å². The van der Waals surface area contributed by atoms with Crippen LogP contribution in [-0.4, -0.2) is 117 Å². The second-order valence-corrected chi connectivity index (χ2v) is 17.9. The van der Waals surface area contributed by atoms with E-state index in [1.165, 1.54) is 113 Å². The number of para-hydroxylation sites is 5. The van der Waals surface area contributed by atoms with E-state index >= 15 is 0 Å². The number of carbonyl (C=O) groups excluding carboxylic acids is 4. The van der Waals surface area contributed by atoms with Gasteiger partial charge in [-0.3, -0.25) is 4.79 Å². The molecule has 1 atom stereocenters. The Labute approximate surface area is 520 Å². The Balaban J connectivity index is 0.000000195. The van der Waals surface area contributed by atoms with Crippen LogP contribution in [0.3, 0.4) is 0 Å². The molecule has 1 aliphatic rings. The fraction of sp³-hybridized carbons (Fsp3) is 0.159. The first-order valence-electron chi connectivity index (χ1n) is 25.8. The molecule has 458 valence electrons. The lowest BCUT2D eigenvalue weighted by molar-refractivity contribution is -0.163. The Hall–Kier alpha value is -11.0. The molecule has 24 nitrogen and oxygen atoms in total. The molecule has 26 heteroatoms. The van der Waals surface area contributed by atoms with Crippen LogP contribution in [0.15, 0.2) is 177 Å². The molecule has 0 amide bonds. The molecule has 5 aromatic carbocycles. The standard InChI is InChI=1S/C22H17N3O5.C16H17ClN2O5.C15H13ClN2O4.C10H8O3/c1-27-13-17(22(26)28-2)16-8-4-6-10-19(16)30-21-11-20(24-14-25-21)29-18-9-5-3-7-15(18)12-23;1-21-15(20)14(16(22-2)23-3)10-6-4-5-7-11(10)24-13-8-12(17)18-9-19-13;1-20-8-11(15(19)21-2)10-5-3-4-6-12(10)22-14-7-13(16)17-9-18-14;1-12-6-8-7-4-2-3-5-9(7)13-10(8)11/h3-11,13-14H,1-2H3;4-9,14,16H,1-3H3;3-9H,1-2H3;2-6H,1H3/b17-13+;;11-8+;8-6-. The lowest BCUT2D eigenvalue weighted by Gasteiger charge is -2.24. The van der Waals surface area contributed by atoms with Gasteiger partial charge in [0.2, 0.25) is 23.5 Å². The second-order valence-electron chi connectivity index (χ2n) is 17.1. The van der Waals surface area contributed by atoms with E-state index < -0.39 is 30.1 Å². The molecule has 3 aromatic heterocycles. The number of ether oxygens (including phenoxy) is 13. The maximum Gasteiger partial charge on any atom is 0.347 e. The first-order valence-corrected chi connectivity index (χ1v) is 26.6. The monoisotopic (exact) mass is 1250 g/mol. The molecule has 0 bridgehead atoms. The largest absolute Gasteiger partial charge is 0.503 e. The number of nitrogens with zero attached hydrogens (tertiary/aromatic N) is 7. The summed E-state index contributed by atoms with van der Waals surface area (Å²) < 4.78 is 67.6. The summed E-state index contributed by atoms with van der Waals surface area (Å²) in [5, 5.41) is 9.69. The number of nitriles is 1. The molecule has 4 heterocycles. The number of hydrogen-bond donors (Lipinski definition) is 0. The highest BCUT2D eigenvalue weighted by Gasteiger charge is 2.34. The Morgan fingerprint density at radius 2 is 0.955 bits per heavy atom. The number of hydrogen-bond acceptors (Lipinski definition) is 24. The number of aromatic nitrogens is 6. The van der Waals surface area contributed by atoms with Crippen LogP contribution in [0.25, 0.3) is 16.7 Å². The van der Waals surface area contributed by atoms with E-state index in [9.17, 15) is 24.4 Å². The Morgan fingerprint density at radius 3 is 1.44 bits per heavy atom. The summed E-state index contributed by atoms with van der Waals surface area (Å²) in [7, 11) is 11.1. The van der Waals surface area contributed by atoms with E-state index in [0.29, 0.717) is 56.6 Å². The molecule has 0 saturated carbocycles. The van der Waals surface area contributed by atoms with Gasteiger partial charge < -0.3 is 61.6 Å². The molecule has 0 fully saturated rings. The van der Waals surface area contributed by atoms with Crippen LogP contribution in [0, 0.1) is 11.3 Å². The van der Waals surface area contributed by atoms with Crippen LogP contribution in [0.4, 0.5) is 0 Å². The van der Waals surface area contributed by atoms with Gasteiger partial charge in [0, 0.05) is 48.6 Å². The number of carbonyl (C=O) groups is 4. The number of benzene rings is 5. The van der Waals surface area contributed by atoms with Crippen molar-refractivity contribution in [3.8, 4) is 58.3 Å². The van der Waals surface area contributed by atoms with Crippen molar-refractivity contribution >= 4 is 63.8 Å². The van der Waals surface area contributed by atoms with Crippen molar-refractivity contribution in [2.75, 3.05) is 56.9 Å². The third kappa shape index (κ3) is 19.0. The summed E-state index contributed by atoms with van der Waals surface area (Å²) >= 11 is 11.6. The molecule has 1 aliphatic heterocycles. The fourth-order valence-electron chi connectivity index (χ4n) is 7.72. The van der Waals surface area contributed by atoms with Gasteiger partial charge in [-0.25, -0.2) is 44.3 Å². The van der Waals surface area contributed by atoms with E-state index in [2.05, 4.69) is 36.0 Å². The smallest absolute Gasteiger partial charge is 0.347 e. The summed E-state index contributed by atoms with van der Waals surface area (Å²) in [6.45, 7) is 0. The topological polar surface area (TPSA) is 289 Å². The molecule has 0 saturated heterocycles. The predicted octanol–water partition coefficient (Wildman–Crippen LogP) is 11.6. The fourth-order valence-corrected chi connectivity index (χ4v) is 7.99. The van der Waals surface area contributed by atoms with E-state index in [-0.39, 0.29) is 50.9 Å². The van der Waals surface area contributed by atoms with Gasteiger partial charge in [-0.15, -0.1) is 0 Å². The summed E-state index contributed by atoms with van der Waals surface area (Å²) in [5.41, 5.74) is 3.54. The first-order chi connectivity index (χ1) is 43.2. The van der Waals surface area contributed by atoms with Crippen molar-refractivity contribution in [3.63, 3.8) is 0 Å². The third-order valence-electron chi connectivity index (χ3n) is 11.6. The van der Waals surface area contributed by atoms with Crippen molar-refractivity contribution < 1.29 is 80.8 Å². The average molecular weight is 1250 g/mol. The van der Waals surface area contributed by atoms with Gasteiger partial charge in [0.25, 0.3) is 0 Å². The van der Waals surface area contributed by atoms with Crippen LogP contribution >= 0.6 is 23.2 Å². The SMILES string of the molecule is CO/C=C(/C(=O)OC)c1ccccc1Oc1cc(Cl)ncn1.CO/C=C(/C(=O)OC)c1ccccc1Oc1cc(Oc2ccccc2C#N)ncn1.CO/C=C1\C(=O)Oc2ccccc21.COC(=O)C(c1ccccc1Oc1cc(Cl)ncn1)C(OC)OC. The van der Waals surface area contributed by atoms with E-state index in [0.717, 1.165) is 5.56 Å². The van der Waals surface area contributed by atoms with E-state index in [1.807, 2.05) is 18.2 Å². The zero-order valence-corrected chi connectivity index (χ0v) is 50.2. The van der Waals surface area contributed by atoms with Crippen LogP contribution in [0.2, 0.25) is 10.3 Å². The molecule has 0 spiro atoms. The minimum atomic E-state index is -0.837. The Morgan fingerprint density at radius 1 is 0.517 bits per heavy atom. The van der Waals surface area contributed by atoms with Crippen molar-refractivity contribution in [2.24, 2.45) is 0 Å². The lowest BCUT2D eigenvalue weighted by Crippen LogP contribution is -2.30. The highest BCUT2D eigenvalue weighted by atomic mass is 35.5. The summed E-state index contributed by atoms with van der Waals surface area (Å²) in [5.74, 6) is 0.182. The summed E-state index contributed by atoms with van der Waals surface area (Å²) in [6.07, 6.45) is 6.97. The maximum atomic E-state index is 12.2. The first kappa shape index (κ1) is 67.2. The molecule has 8 aromatic rings. The molecule has 89 heavy (non-hydrogen) atoms. The molecule has 9 rings (SSSR count). The zero-order valence-electron chi connectivity index (χ0n) is 48.7. The predicted molar refractivity (Wildman–Crippen MR) is 321 cm³/mol. The Bertz CT molecular complexity index is 3860. The van der Waals surface area contributed by atoms with Gasteiger partial charge >= 0.3 is 23.9 Å². The van der Waals surface area contributed by atoms with Gasteiger partial charge in [-0.1, -0.05) is 108 Å². The quantitative estimate of drug-likeness (QED) is 0.0130. The third-order valence-corrected chi connectivity index (χ3v) is 12.0. The van der Waals surface area contributed by atoms with Gasteiger partial charge in [-0.05, 0) is 36.4 Å². The van der Waals surface area contributed by atoms with Gasteiger partial charge in [-0.2, -0.15) is 5.26 Å². The van der Waals surface area contributed by atoms with E-state index in [1.54, 1.807) is 103 Å². The normalized spacial score (nSPS) is 12.0. The van der Waals surface area contributed by atoms with Crippen molar-refractivity contribution in [2.45, 2.75) is 12.2 Å². The highest BCUT2D eigenvalue weighted by Crippen LogP contribution is 2.37. The number of fused-ring (bicyclic) bond motifs is 1. The molecule has 1 unspecified atom stereocenters. The molecular weight excluding hydrogens is 1200 g/mol. The number of methoxy groups -OCH3 is 8. The molecule has 0 aliphatic carbocycles. The van der Waals surface area contributed by atoms with Crippen LogP contribution in [0.1, 0.15) is 33.7 Å². The Kier molecular flexibility index (Phi) is 26.3. The van der Waals surface area contributed by atoms with E-state index in [4.69, 9.17) is 84.8 Å². The van der Waals surface area contributed by atoms with Crippen molar-refractivity contribution in [1.29, 1.82) is 5.26 Å². The maximum absolute atomic E-state index is 12.2. The number of esters is 4. The summed E-state index contributed by atoms with van der Waals surface area (Å²) in [6, 6.07) is 41.3. The molecule has 0 N–H and O–H groups in total. The van der Waals surface area contributed by atoms with Gasteiger partial charge in [0.05, 0.1) is 73.1 Å².